The largest absolute Gasteiger partial charge is 0.393 e. The Morgan fingerprint density at radius 3 is 2.60 bits per heavy atom. The van der Waals surface area contributed by atoms with Crippen molar-refractivity contribution in [3.63, 3.8) is 0 Å². The summed E-state index contributed by atoms with van der Waals surface area (Å²) in [5, 5.41) is 9.53. The smallest absolute Gasteiger partial charge is 0.224 e. The summed E-state index contributed by atoms with van der Waals surface area (Å²) < 4.78 is 24.9. The van der Waals surface area contributed by atoms with E-state index in [-0.39, 0.29) is 10.8 Å². The molecule has 1 aliphatic heterocycles. The predicted molar refractivity (Wildman–Crippen MR) is 61.1 cm³/mol. The molecular formula is C9H16BrNO3S. The molecule has 6 heteroatoms. The molecule has 0 aromatic heterocycles. The number of aliphatic hydroxyl groups excluding tert-OH is 1. The molecule has 4 nitrogen and oxygen atoms in total. The van der Waals surface area contributed by atoms with Crippen LogP contribution in [0.1, 0.15) is 19.3 Å². The summed E-state index contributed by atoms with van der Waals surface area (Å²) >= 11 is 3.01. The number of hydrogen-bond acceptors (Lipinski definition) is 3. The highest BCUT2D eigenvalue weighted by Gasteiger charge is 2.40. The molecule has 3 unspecified atom stereocenters. The summed E-state index contributed by atoms with van der Waals surface area (Å²) in [7, 11) is -3.11. The lowest BCUT2D eigenvalue weighted by atomic mass is 9.80. The van der Waals surface area contributed by atoms with Crippen molar-refractivity contribution in [2.45, 2.75) is 25.4 Å². The van der Waals surface area contributed by atoms with E-state index in [0.717, 1.165) is 19.3 Å². The molecule has 1 aliphatic carbocycles. The maximum absolute atomic E-state index is 11.6. The zero-order valence-electron chi connectivity index (χ0n) is 8.47. The van der Waals surface area contributed by atoms with Gasteiger partial charge in [0.05, 0.1) is 6.10 Å². The first-order valence-corrected chi connectivity index (χ1v) is 7.98. The molecule has 2 fully saturated rings. The van der Waals surface area contributed by atoms with Crippen LogP contribution in [0.5, 0.6) is 0 Å². The number of aliphatic hydroxyl groups is 1. The standard InChI is InChI=1S/C9H16BrNO3S/c10-6-15(13,14)11-4-7-1-2-9(12)3-8(7)5-11/h7-9,12H,1-6H2. The van der Waals surface area contributed by atoms with Crippen LogP contribution in [0.4, 0.5) is 0 Å². The Hall–Kier alpha value is 0.350. The van der Waals surface area contributed by atoms with Gasteiger partial charge in [0.2, 0.25) is 10.0 Å². The zero-order chi connectivity index (χ0) is 11.1. The lowest BCUT2D eigenvalue weighted by Gasteiger charge is -2.27. The Bertz CT molecular complexity index is 332. The number of halogens is 1. The van der Waals surface area contributed by atoms with Gasteiger partial charge in [-0.1, -0.05) is 15.9 Å². The van der Waals surface area contributed by atoms with Crippen LogP contribution in [-0.4, -0.2) is 41.7 Å². The molecular weight excluding hydrogens is 282 g/mol. The normalized spacial score (nSPS) is 37.9. The van der Waals surface area contributed by atoms with Crippen LogP contribution in [0.15, 0.2) is 0 Å². The Morgan fingerprint density at radius 2 is 1.93 bits per heavy atom. The van der Waals surface area contributed by atoms with E-state index in [1.165, 1.54) is 0 Å². The highest BCUT2D eigenvalue weighted by Crippen LogP contribution is 2.37. The van der Waals surface area contributed by atoms with E-state index < -0.39 is 10.0 Å². The molecule has 88 valence electrons. The van der Waals surface area contributed by atoms with Gasteiger partial charge in [-0.15, -0.1) is 0 Å². The molecule has 0 spiro atoms. The Morgan fingerprint density at radius 1 is 1.27 bits per heavy atom. The topological polar surface area (TPSA) is 57.6 Å². The van der Waals surface area contributed by atoms with E-state index in [1.54, 1.807) is 4.31 Å². The third kappa shape index (κ3) is 2.38. The van der Waals surface area contributed by atoms with Crippen LogP contribution in [0, 0.1) is 11.8 Å². The first-order chi connectivity index (χ1) is 7.03. The second-order valence-electron chi connectivity index (χ2n) is 4.53. The maximum atomic E-state index is 11.6. The minimum Gasteiger partial charge on any atom is -0.393 e. The minimum atomic E-state index is -3.11. The summed E-state index contributed by atoms with van der Waals surface area (Å²) in [6, 6.07) is 0. The molecule has 2 rings (SSSR count). The van der Waals surface area contributed by atoms with Gasteiger partial charge in [-0.2, -0.15) is 0 Å². The van der Waals surface area contributed by atoms with Crippen molar-refractivity contribution in [2.75, 3.05) is 17.8 Å². The zero-order valence-corrected chi connectivity index (χ0v) is 10.9. The molecule has 0 bridgehead atoms. The van der Waals surface area contributed by atoms with Gasteiger partial charge >= 0.3 is 0 Å². The quantitative estimate of drug-likeness (QED) is 0.766. The molecule has 0 aromatic rings. The number of rotatable bonds is 2. The predicted octanol–water partition coefficient (Wildman–Crippen LogP) is 0.761. The Kier molecular flexibility index (Phi) is 3.40. The van der Waals surface area contributed by atoms with E-state index in [9.17, 15) is 13.5 Å². The summed E-state index contributed by atoms with van der Waals surface area (Å²) in [6.07, 6.45) is 2.32. The molecule has 3 atom stereocenters. The van der Waals surface area contributed by atoms with E-state index in [1.807, 2.05) is 0 Å². The molecule has 1 saturated heterocycles. The number of nitrogens with zero attached hydrogens (tertiary/aromatic N) is 1. The van der Waals surface area contributed by atoms with Gasteiger partial charge in [0.25, 0.3) is 0 Å². The fourth-order valence-electron chi connectivity index (χ4n) is 2.66. The number of sulfonamides is 1. The maximum Gasteiger partial charge on any atom is 0.224 e. The van der Waals surface area contributed by atoms with Gasteiger partial charge in [0.15, 0.2) is 0 Å². The lowest BCUT2D eigenvalue weighted by molar-refractivity contribution is 0.0866. The number of fused-ring (bicyclic) bond motifs is 1. The van der Waals surface area contributed by atoms with Crippen LogP contribution >= 0.6 is 15.9 Å². The Balaban J connectivity index is 2.05. The third-order valence-electron chi connectivity index (χ3n) is 3.52. The lowest BCUT2D eigenvalue weighted by Crippen LogP contribution is -2.29. The monoisotopic (exact) mass is 297 g/mol. The van der Waals surface area contributed by atoms with Crippen LogP contribution in [0.3, 0.4) is 0 Å². The van der Waals surface area contributed by atoms with Crippen LogP contribution in [0.2, 0.25) is 0 Å². The first-order valence-electron chi connectivity index (χ1n) is 5.25. The van der Waals surface area contributed by atoms with E-state index in [4.69, 9.17) is 0 Å². The van der Waals surface area contributed by atoms with Gasteiger partial charge in [-0.3, -0.25) is 0 Å². The number of hydrogen-bond donors (Lipinski definition) is 1. The van der Waals surface area contributed by atoms with Gasteiger partial charge in [-0.25, -0.2) is 12.7 Å². The molecule has 15 heavy (non-hydrogen) atoms. The van der Waals surface area contributed by atoms with Crippen molar-refractivity contribution >= 4 is 26.0 Å². The van der Waals surface area contributed by atoms with Crippen molar-refractivity contribution in [3.05, 3.63) is 0 Å². The fraction of sp³-hybridized carbons (Fsp3) is 1.00. The highest BCUT2D eigenvalue weighted by molar-refractivity contribution is 9.10. The molecule has 0 radical (unpaired) electrons. The molecule has 1 heterocycles. The van der Waals surface area contributed by atoms with Crippen LogP contribution in [-0.2, 0) is 10.0 Å². The molecule has 0 amide bonds. The summed E-state index contributed by atoms with van der Waals surface area (Å²) in [5.74, 6) is 0.824. The second kappa shape index (κ2) is 4.31. The van der Waals surface area contributed by atoms with Gasteiger partial charge in [0.1, 0.15) is 4.66 Å². The Labute approximate surface area is 98.8 Å². The highest BCUT2D eigenvalue weighted by atomic mass is 79.9. The average molecular weight is 298 g/mol. The van der Waals surface area contributed by atoms with Crippen molar-refractivity contribution in [3.8, 4) is 0 Å². The van der Waals surface area contributed by atoms with Crippen molar-refractivity contribution < 1.29 is 13.5 Å². The molecule has 0 aromatic carbocycles. The van der Waals surface area contributed by atoms with E-state index >= 15 is 0 Å². The fourth-order valence-corrected chi connectivity index (χ4v) is 4.50. The van der Waals surface area contributed by atoms with Gasteiger partial charge < -0.3 is 5.11 Å². The van der Waals surface area contributed by atoms with Crippen molar-refractivity contribution in [2.24, 2.45) is 11.8 Å². The van der Waals surface area contributed by atoms with Gasteiger partial charge in [0, 0.05) is 13.1 Å². The van der Waals surface area contributed by atoms with Gasteiger partial charge in [-0.05, 0) is 31.1 Å². The van der Waals surface area contributed by atoms with Crippen molar-refractivity contribution in [1.29, 1.82) is 0 Å². The van der Waals surface area contributed by atoms with Crippen molar-refractivity contribution in [1.82, 2.24) is 4.31 Å². The SMILES string of the molecule is O=S(=O)(CBr)N1CC2CCC(O)CC2C1. The third-order valence-corrected chi connectivity index (χ3v) is 6.62. The summed E-state index contributed by atoms with van der Waals surface area (Å²) in [4.78, 5) is 0. The van der Waals surface area contributed by atoms with E-state index in [0.29, 0.717) is 24.9 Å². The average Bonchev–Trinajstić information content (AvgIpc) is 2.61. The summed E-state index contributed by atoms with van der Waals surface area (Å²) in [5.41, 5.74) is 0. The number of alkyl halides is 1. The first kappa shape index (κ1) is 11.8. The molecule has 2 aliphatic rings. The summed E-state index contributed by atoms with van der Waals surface area (Å²) in [6.45, 7) is 1.24. The molecule has 1 saturated carbocycles. The van der Waals surface area contributed by atoms with Crippen LogP contribution < -0.4 is 0 Å². The minimum absolute atomic E-state index is 0.00198. The van der Waals surface area contributed by atoms with E-state index in [2.05, 4.69) is 15.9 Å². The second-order valence-corrected chi connectivity index (χ2v) is 7.80. The molecule has 1 N–H and O–H groups in total. The van der Waals surface area contributed by atoms with Crippen LogP contribution in [0.25, 0.3) is 0 Å².